The molecular formula is C68H48N2S. The monoisotopic (exact) mass is 924 g/mol. The average molecular weight is 925 g/mol. The molecule has 12 aromatic rings. The smallest absolute Gasteiger partial charge is 0.0531 e. The van der Waals surface area contributed by atoms with Crippen LogP contribution >= 0.6 is 11.3 Å². The van der Waals surface area contributed by atoms with Gasteiger partial charge in [-0.3, -0.25) is 0 Å². The Morgan fingerprint density at radius 1 is 0.338 bits per heavy atom. The van der Waals surface area contributed by atoms with Crippen molar-refractivity contribution in [1.29, 1.82) is 0 Å². The molecule has 2 aliphatic carbocycles. The lowest BCUT2D eigenvalue weighted by molar-refractivity contribution is 0.786. The van der Waals surface area contributed by atoms with Gasteiger partial charge in [-0.15, -0.1) is 11.3 Å². The van der Waals surface area contributed by atoms with Crippen LogP contribution in [-0.2, 0) is 0 Å². The summed E-state index contributed by atoms with van der Waals surface area (Å²) in [6, 6.07) is 77.6. The molecule has 3 aromatic heterocycles. The minimum Gasteiger partial charge on any atom is -0.313 e. The minimum atomic E-state index is 0.254. The summed E-state index contributed by atoms with van der Waals surface area (Å²) in [7, 11) is 0. The van der Waals surface area contributed by atoms with Gasteiger partial charge in [-0.25, -0.2) is 0 Å². The topological polar surface area (TPSA) is 9.86 Å². The zero-order valence-electron chi connectivity index (χ0n) is 39.1. The number of hydrogen-bond acceptors (Lipinski definition) is 1. The Labute approximate surface area is 417 Å². The van der Waals surface area contributed by atoms with E-state index >= 15 is 0 Å². The van der Waals surface area contributed by atoms with Crippen molar-refractivity contribution in [1.82, 2.24) is 9.13 Å². The number of aromatic nitrogens is 2. The molecule has 0 radical (unpaired) electrons. The molecule has 0 N–H and O–H groups in total. The predicted molar refractivity (Wildman–Crippen MR) is 304 cm³/mol. The van der Waals surface area contributed by atoms with Crippen molar-refractivity contribution in [2.24, 2.45) is 0 Å². The molecular weight excluding hydrogens is 877 g/mol. The van der Waals surface area contributed by atoms with Crippen LogP contribution in [0.4, 0.5) is 0 Å². The molecule has 14 rings (SSSR count). The molecule has 71 heavy (non-hydrogen) atoms. The average Bonchev–Trinajstić information content (AvgIpc) is 4.19. The van der Waals surface area contributed by atoms with Gasteiger partial charge in [-0.1, -0.05) is 182 Å². The molecule has 336 valence electrons. The van der Waals surface area contributed by atoms with Crippen molar-refractivity contribution in [3.8, 4) is 56.1 Å². The largest absolute Gasteiger partial charge is 0.313 e. The number of thiophene rings is 1. The Kier molecular flexibility index (Phi) is 10.0. The molecule has 2 atom stereocenters. The van der Waals surface area contributed by atoms with Crippen LogP contribution in [-0.4, -0.2) is 9.13 Å². The fraction of sp³-hybridized carbons (Fsp3) is 0.0588. The Morgan fingerprint density at radius 2 is 0.859 bits per heavy atom. The lowest BCUT2D eigenvalue weighted by atomic mass is 9.84. The molecule has 0 saturated heterocycles. The molecule has 0 saturated carbocycles. The van der Waals surface area contributed by atoms with Crippen molar-refractivity contribution in [2.75, 3.05) is 0 Å². The van der Waals surface area contributed by atoms with Gasteiger partial charge in [0.15, 0.2) is 0 Å². The second kappa shape index (κ2) is 17.2. The third kappa shape index (κ3) is 7.07. The van der Waals surface area contributed by atoms with Gasteiger partial charge in [0.25, 0.3) is 0 Å². The molecule has 0 bridgehead atoms. The van der Waals surface area contributed by atoms with Crippen LogP contribution in [0.3, 0.4) is 0 Å². The molecule has 2 aliphatic rings. The SMILES string of the molecule is C1=CCC(c2ccc(-c3ccccc3)n2-c2ccc3c(-c4ccc5sc6ccccc6c5c4)c4cc(-n5c(-c6ccccc6)ccc5C5C=CC=CC5)ccc4c(-c4ccc5ccccc5c4)c3c2)C=C1. The summed E-state index contributed by atoms with van der Waals surface area (Å²) in [6.07, 6.45) is 20.0. The fourth-order valence-electron chi connectivity index (χ4n) is 11.7. The Balaban J connectivity index is 1.10. The van der Waals surface area contributed by atoms with Crippen LogP contribution in [0, 0.1) is 0 Å². The van der Waals surface area contributed by atoms with Crippen LogP contribution in [0.1, 0.15) is 36.1 Å². The highest BCUT2D eigenvalue weighted by Gasteiger charge is 2.25. The van der Waals surface area contributed by atoms with Crippen molar-refractivity contribution in [3.63, 3.8) is 0 Å². The molecule has 0 spiro atoms. The molecule has 2 nitrogen and oxygen atoms in total. The number of benzene rings is 9. The summed E-state index contributed by atoms with van der Waals surface area (Å²) in [5.41, 5.74) is 14.6. The molecule has 3 heterocycles. The van der Waals surface area contributed by atoms with Crippen molar-refractivity contribution >= 4 is 63.8 Å². The van der Waals surface area contributed by atoms with Gasteiger partial charge in [0.1, 0.15) is 0 Å². The first-order valence-corrected chi connectivity index (χ1v) is 25.7. The van der Waals surface area contributed by atoms with Gasteiger partial charge < -0.3 is 9.13 Å². The lowest BCUT2D eigenvalue weighted by Gasteiger charge is -2.24. The van der Waals surface area contributed by atoms with E-state index in [0.29, 0.717) is 0 Å². The normalized spacial score (nSPS) is 15.5. The zero-order valence-corrected chi connectivity index (χ0v) is 39.9. The van der Waals surface area contributed by atoms with Crippen LogP contribution in [0.5, 0.6) is 0 Å². The van der Waals surface area contributed by atoms with Crippen LogP contribution < -0.4 is 0 Å². The highest BCUT2D eigenvalue weighted by molar-refractivity contribution is 7.25. The Morgan fingerprint density at radius 3 is 1.45 bits per heavy atom. The third-order valence-electron chi connectivity index (χ3n) is 15.0. The fourth-order valence-corrected chi connectivity index (χ4v) is 12.7. The van der Waals surface area contributed by atoms with Crippen molar-refractivity contribution in [3.05, 3.63) is 266 Å². The number of nitrogens with zero attached hydrogens (tertiary/aromatic N) is 2. The number of rotatable bonds is 8. The second-order valence-corrected chi connectivity index (χ2v) is 20.2. The van der Waals surface area contributed by atoms with E-state index in [1.54, 1.807) is 0 Å². The first-order chi connectivity index (χ1) is 35.2. The maximum Gasteiger partial charge on any atom is 0.0531 e. The number of fused-ring (bicyclic) bond motifs is 6. The molecule has 3 heteroatoms. The highest BCUT2D eigenvalue weighted by atomic mass is 32.1. The predicted octanol–water partition coefficient (Wildman–Crippen LogP) is 19.0. The second-order valence-electron chi connectivity index (χ2n) is 19.1. The zero-order chi connectivity index (χ0) is 46.8. The minimum absolute atomic E-state index is 0.254. The van der Waals surface area contributed by atoms with Crippen LogP contribution in [0.25, 0.3) is 109 Å². The van der Waals surface area contributed by atoms with E-state index in [2.05, 4.69) is 264 Å². The van der Waals surface area contributed by atoms with E-state index in [1.165, 1.54) is 109 Å². The van der Waals surface area contributed by atoms with Crippen LogP contribution in [0.15, 0.2) is 255 Å². The summed E-state index contributed by atoms with van der Waals surface area (Å²) in [6.45, 7) is 0. The molecule has 0 fully saturated rings. The van der Waals surface area contributed by atoms with Crippen molar-refractivity contribution < 1.29 is 0 Å². The lowest BCUT2D eigenvalue weighted by Crippen LogP contribution is -2.07. The molecule has 0 aliphatic heterocycles. The Hall–Kier alpha value is -8.50. The quantitative estimate of drug-likeness (QED) is 0.134. The van der Waals surface area contributed by atoms with Gasteiger partial charge in [-0.05, 0) is 151 Å². The molecule has 2 unspecified atom stereocenters. The third-order valence-corrected chi connectivity index (χ3v) is 16.1. The van der Waals surface area contributed by atoms with E-state index in [4.69, 9.17) is 0 Å². The summed E-state index contributed by atoms with van der Waals surface area (Å²) in [5, 5.41) is 9.98. The van der Waals surface area contributed by atoms with Gasteiger partial charge in [0.2, 0.25) is 0 Å². The Bertz CT molecular complexity index is 4170. The maximum atomic E-state index is 2.53. The first-order valence-electron chi connectivity index (χ1n) is 24.9. The van der Waals surface area contributed by atoms with E-state index in [-0.39, 0.29) is 11.8 Å². The molecule has 9 aromatic carbocycles. The van der Waals surface area contributed by atoms with Gasteiger partial charge >= 0.3 is 0 Å². The first kappa shape index (κ1) is 41.5. The van der Waals surface area contributed by atoms with Crippen LogP contribution in [0.2, 0.25) is 0 Å². The number of allylic oxidation sites excluding steroid dienone is 8. The maximum absolute atomic E-state index is 2.53. The van der Waals surface area contributed by atoms with Gasteiger partial charge in [0, 0.05) is 54.8 Å². The summed E-state index contributed by atoms with van der Waals surface area (Å²) < 4.78 is 7.67. The summed E-state index contributed by atoms with van der Waals surface area (Å²) >= 11 is 1.88. The highest BCUT2D eigenvalue weighted by Crippen LogP contribution is 2.48. The molecule has 0 amide bonds. The van der Waals surface area contributed by atoms with E-state index in [0.717, 1.165) is 24.2 Å². The van der Waals surface area contributed by atoms with Gasteiger partial charge in [0.05, 0.1) is 11.4 Å². The standard InChI is InChI=1S/C68H48N2S/c1-5-18-46(19-6-1)61-36-37-62(47-20-7-2-8-21-47)69(61)53-33-35-57-59(43-53)67(51-30-29-45-17-13-14-26-50(45)41-51)56-34-32-54(70-63(48-22-9-3-10-23-48)38-39-64(70)49-24-11-4-12-25-49)44-60(56)68(57)52-31-40-66-58(42-52)55-27-15-16-28-65(55)71-66/h1-20,22-24,26-44,47,49H,21,25H2. The van der Waals surface area contributed by atoms with E-state index < -0.39 is 0 Å². The van der Waals surface area contributed by atoms with Crippen molar-refractivity contribution in [2.45, 2.75) is 24.7 Å². The van der Waals surface area contributed by atoms with Gasteiger partial charge in [-0.2, -0.15) is 0 Å². The number of hydrogen-bond donors (Lipinski definition) is 0. The van der Waals surface area contributed by atoms with E-state index in [1.807, 2.05) is 11.3 Å². The summed E-state index contributed by atoms with van der Waals surface area (Å²) in [5.74, 6) is 0.509. The van der Waals surface area contributed by atoms with E-state index in [9.17, 15) is 0 Å². The summed E-state index contributed by atoms with van der Waals surface area (Å²) in [4.78, 5) is 0.